The third-order valence-corrected chi connectivity index (χ3v) is 6.21. The van der Waals surface area contributed by atoms with Crippen molar-refractivity contribution in [2.75, 3.05) is 31.1 Å². The Kier molecular flexibility index (Phi) is 5.17. The minimum Gasteiger partial charge on any atom is -0.352 e. The van der Waals surface area contributed by atoms with Gasteiger partial charge in [0.25, 0.3) is 5.56 Å². The Labute approximate surface area is 182 Å². The van der Waals surface area contributed by atoms with E-state index < -0.39 is 0 Å². The summed E-state index contributed by atoms with van der Waals surface area (Å²) >= 11 is 1.59. The molecule has 0 atom stereocenters. The molecule has 1 amide bonds. The first-order valence-electron chi connectivity index (χ1n) is 10.0. The van der Waals surface area contributed by atoms with Gasteiger partial charge in [-0.15, -0.1) is 11.3 Å². The van der Waals surface area contributed by atoms with Gasteiger partial charge in [-0.1, -0.05) is 30.3 Å². The molecule has 0 aliphatic carbocycles. The molecule has 0 spiro atoms. The number of carbonyl (C=O) groups is 1. The van der Waals surface area contributed by atoms with Crippen molar-refractivity contribution in [3.8, 4) is 11.3 Å². The molecule has 1 aliphatic rings. The van der Waals surface area contributed by atoms with Crippen molar-refractivity contribution in [1.82, 2.24) is 24.6 Å². The van der Waals surface area contributed by atoms with Crippen molar-refractivity contribution in [1.29, 1.82) is 0 Å². The molecule has 0 N–H and O–H groups in total. The van der Waals surface area contributed by atoms with Gasteiger partial charge in [0.05, 0.1) is 11.1 Å². The molecule has 1 saturated heterocycles. The van der Waals surface area contributed by atoms with E-state index in [-0.39, 0.29) is 18.0 Å². The molecule has 0 radical (unpaired) electrons. The summed E-state index contributed by atoms with van der Waals surface area (Å²) in [6.07, 6.45) is 1.59. The predicted octanol–water partition coefficient (Wildman–Crippen LogP) is 2.26. The first-order chi connectivity index (χ1) is 15.2. The van der Waals surface area contributed by atoms with Gasteiger partial charge in [-0.05, 0) is 17.5 Å². The number of hydrogen-bond donors (Lipinski definition) is 0. The normalized spacial score (nSPS) is 14.2. The minimum atomic E-state index is -0.285. The average molecular weight is 433 g/mol. The number of thiophene rings is 1. The van der Waals surface area contributed by atoms with Gasteiger partial charge in [-0.3, -0.25) is 9.59 Å². The van der Waals surface area contributed by atoms with E-state index in [1.165, 1.54) is 10.7 Å². The van der Waals surface area contributed by atoms with E-state index in [1.807, 2.05) is 41.8 Å². The summed E-state index contributed by atoms with van der Waals surface area (Å²) in [6, 6.07) is 14.8. The lowest BCUT2D eigenvalue weighted by Gasteiger charge is -2.35. The van der Waals surface area contributed by atoms with Crippen molar-refractivity contribution in [2.24, 2.45) is 0 Å². The quantitative estimate of drug-likeness (QED) is 0.492. The second kappa shape index (κ2) is 8.27. The van der Waals surface area contributed by atoms with E-state index >= 15 is 0 Å². The average Bonchev–Trinajstić information content (AvgIpc) is 3.30. The van der Waals surface area contributed by atoms with E-state index in [2.05, 4.69) is 20.0 Å². The molecule has 1 aliphatic heterocycles. The van der Waals surface area contributed by atoms with Gasteiger partial charge >= 0.3 is 0 Å². The Balaban J connectivity index is 1.27. The van der Waals surface area contributed by atoms with Gasteiger partial charge < -0.3 is 9.80 Å². The van der Waals surface area contributed by atoms with Gasteiger partial charge in [0.15, 0.2) is 0 Å². The van der Waals surface area contributed by atoms with Gasteiger partial charge in [0.2, 0.25) is 5.91 Å². The zero-order chi connectivity index (χ0) is 21.2. The second-order valence-corrected chi connectivity index (χ2v) is 8.18. The van der Waals surface area contributed by atoms with E-state index in [9.17, 15) is 9.59 Å². The Morgan fingerprint density at radius 3 is 2.58 bits per heavy atom. The monoisotopic (exact) mass is 432 g/mol. The van der Waals surface area contributed by atoms with Crippen LogP contribution in [-0.4, -0.2) is 56.7 Å². The lowest BCUT2D eigenvalue weighted by Crippen LogP contribution is -2.50. The number of carbonyl (C=O) groups excluding carboxylic acids is 1. The molecule has 156 valence electrons. The first kappa shape index (κ1) is 19.4. The van der Waals surface area contributed by atoms with Gasteiger partial charge in [-0.2, -0.15) is 5.10 Å². The summed E-state index contributed by atoms with van der Waals surface area (Å²) in [5.41, 5.74) is 1.29. The van der Waals surface area contributed by atoms with E-state index in [0.29, 0.717) is 31.9 Å². The van der Waals surface area contributed by atoms with Crippen LogP contribution in [0.25, 0.3) is 21.5 Å². The Bertz CT molecular complexity index is 1280. The highest BCUT2D eigenvalue weighted by molar-refractivity contribution is 7.16. The fourth-order valence-electron chi connectivity index (χ4n) is 3.75. The van der Waals surface area contributed by atoms with Crippen molar-refractivity contribution < 1.29 is 4.79 Å². The SMILES string of the molecule is O=C(Cn1nc(-c2ccccc2)ccc1=O)N1CCN(c2ncnc3sccc23)CC1. The molecular formula is C22H20N6O2S. The van der Waals surface area contributed by atoms with Crippen molar-refractivity contribution in [3.63, 3.8) is 0 Å². The number of amides is 1. The van der Waals surface area contributed by atoms with Crippen LogP contribution in [0, 0.1) is 0 Å². The van der Waals surface area contributed by atoms with Crippen LogP contribution in [0.3, 0.4) is 0 Å². The maximum Gasteiger partial charge on any atom is 0.267 e. The first-order valence-corrected chi connectivity index (χ1v) is 10.9. The molecule has 1 fully saturated rings. The van der Waals surface area contributed by atoms with Gasteiger partial charge in [-0.25, -0.2) is 14.6 Å². The minimum absolute atomic E-state index is 0.0677. The van der Waals surface area contributed by atoms with Crippen molar-refractivity contribution in [3.05, 3.63) is 70.6 Å². The summed E-state index contributed by atoms with van der Waals surface area (Å²) in [7, 11) is 0. The fraction of sp³-hybridized carbons (Fsp3) is 0.227. The molecule has 0 unspecified atom stereocenters. The highest BCUT2D eigenvalue weighted by Crippen LogP contribution is 2.27. The van der Waals surface area contributed by atoms with Crippen LogP contribution in [0.5, 0.6) is 0 Å². The molecular weight excluding hydrogens is 412 g/mol. The summed E-state index contributed by atoms with van der Waals surface area (Å²) in [5, 5.41) is 7.45. The number of benzene rings is 1. The zero-order valence-corrected chi connectivity index (χ0v) is 17.5. The van der Waals surface area contributed by atoms with Crippen LogP contribution in [0.15, 0.2) is 65.0 Å². The largest absolute Gasteiger partial charge is 0.352 e. The number of nitrogens with zero attached hydrogens (tertiary/aromatic N) is 6. The van der Waals surface area contributed by atoms with Crippen LogP contribution in [0.4, 0.5) is 5.82 Å². The molecule has 4 heterocycles. The van der Waals surface area contributed by atoms with Crippen LogP contribution in [-0.2, 0) is 11.3 Å². The molecule has 1 aromatic carbocycles. The van der Waals surface area contributed by atoms with Crippen molar-refractivity contribution in [2.45, 2.75) is 6.54 Å². The number of piperazine rings is 1. The molecule has 31 heavy (non-hydrogen) atoms. The maximum absolute atomic E-state index is 12.9. The van der Waals surface area contributed by atoms with E-state index in [0.717, 1.165) is 21.6 Å². The van der Waals surface area contributed by atoms with Crippen LogP contribution in [0.1, 0.15) is 0 Å². The number of hydrogen-bond acceptors (Lipinski definition) is 7. The highest BCUT2D eigenvalue weighted by Gasteiger charge is 2.24. The van der Waals surface area contributed by atoms with Crippen molar-refractivity contribution >= 4 is 33.3 Å². The van der Waals surface area contributed by atoms with Gasteiger partial charge in [0.1, 0.15) is 23.5 Å². The van der Waals surface area contributed by atoms with E-state index in [4.69, 9.17) is 0 Å². The topological polar surface area (TPSA) is 84.2 Å². The second-order valence-electron chi connectivity index (χ2n) is 7.29. The number of fused-ring (bicyclic) bond motifs is 1. The molecule has 9 heteroatoms. The lowest BCUT2D eigenvalue weighted by atomic mass is 10.1. The third-order valence-electron chi connectivity index (χ3n) is 5.39. The predicted molar refractivity (Wildman–Crippen MR) is 120 cm³/mol. The molecule has 0 saturated carbocycles. The molecule has 4 aromatic rings. The molecule has 0 bridgehead atoms. The van der Waals surface area contributed by atoms with Crippen LogP contribution in [0.2, 0.25) is 0 Å². The molecule has 5 rings (SSSR count). The number of aromatic nitrogens is 4. The van der Waals surface area contributed by atoms with Gasteiger partial charge in [0, 0.05) is 37.8 Å². The Morgan fingerprint density at radius 1 is 0.968 bits per heavy atom. The number of anilines is 1. The smallest absolute Gasteiger partial charge is 0.267 e. The fourth-order valence-corrected chi connectivity index (χ4v) is 4.48. The lowest BCUT2D eigenvalue weighted by molar-refractivity contribution is -0.132. The van der Waals surface area contributed by atoms with Crippen LogP contribution < -0.4 is 10.5 Å². The number of rotatable bonds is 4. The Hall–Kier alpha value is -3.59. The third kappa shape index (κ3) is 3.91. The highest BCUT2D eigenvalue weighted by atomic mass is 32.1. The zero-order valence-electron chi connectivity index (χ0n) is 16.7. The molecule has 3 aromatic heterocycles. The standard InChI is InChI=1S/C22H20N6O2S/c29-19-7-6-18(16-4-2-1-3-5-16)25-28(19)14-20(30)26-9-11-27(12-10-26)21-17-8-13-31-22(17)24-15-23-21/h1-8,13,15H,9-12,14H2. The van der Waals surface area contributed by atoms with Crippen LogP contribution >= 0.6 is 11.3 Å². The maximum atomic E-state index is 12.9. The summed E-state index contributed by atoms with van der Waals surface area (Å²) in [4.78, 5) is 38.8. The summed E-state index contributed by atoms with van der Waals surface area (Å²) < 4.78 is 1.25. The van der Waals surface area contributed by atoms with E-state index in [1.54, 1.807) is 28.6 Å². The summed E-state index contributed by atoms with van der Waals surface area (Å²) in [6.45, 7) is 2.44. The summed E-state index contributed by atoms with van der Waals surface area (Å²) in [5.74, 6) is 0.801. The Morgan fingerprint density at radius 2 is 1.77 bits per heavy atom. The molecule has 8 nitrogen and oxygen atoms in total.